The molecule has 0 aliphatic heterocycles. The van der Waals surface area contributed by atoms with E-state index < -0.39 is 0 Å². The van der Waals surface area contributed by atoms with Crippen molar-refractivity contribution in [1.29, 1.82) is 0 Å². The topological polar surface area (TPSA) is 38.1 Å². The number of hydrogen-bond donors (Lipinski definition) is 1. The van der Waals surface area contributed by atoms with Crippen LogP contribution in [0.4, 0.5) is 0 Å². The first-order valence-corrected chi connectivity index (χ1v) is 6.72. The summed E-state index contributed by atoms with van der Waals surface area (Å²) in [6.45, 7) is 4.59. The third kappa shape index (κ3) is 3.09. The Bertz CT molecular complexity index is 359. The maximum Gasteiger partial charge on any atom is 0.0571 e. The Kier molecular flexibility index (Phi) is 3.87. The molecule has 1 aromatic rings. The smallest absolute Gasteiger partial charge is 0.0571 e. The van der Waals surface area contributed by atoms with E-state index in [-0.39, 0.29) is 6.10 Å². The first-order valence-electron chi connectivity index (χ1n) is 6.72. The van der Waals surface area contributed by atoms with Gasteiger partial charge < -0.3 is 5.11 Å². The summed E-state index contributed by atoms with van der Waals surface area (Å²) in [5.41, 5.74) is 1.25. The summed E-state index contributed by atoms with van der Waals surface area (Å²) >= 11 is 0. The van der Waals surface area contributed by atoms with Gasteiger partial charge in [-0.15, -0.1) is 0 Å². The second-order valence-electron chi connectivity index (χ2n) is 5.87. The first kappa shape index (κ1) is 12.6. The largest absolute Gasteiger partial charge is 0.393 e. The zero-order valence-electron chi connectivity index (χ0n) is 11.1. The SMILES string of the molecule is CC(C)C1CCC(O)C(Cc2cnn(C)c2)C1. The van der Waals surface area contributed by atoms with Gasteiger partial charge in [0.25, 0.3) is 0 Å². The van der Waals surface area contributed by atoms with E-state index in [1.807, 2.05) is 17.9 Å². The average Bonchev–Trinajstić information content (AvgIpc) is 2.67. The average molecular weight is 236 g/mol. The van der Waals surface area contributed by atoms with Gasteiger partial charge in [0.15, 0.2) is 0 Å². The van der Waals surface area contributed by atoms with Gasteiger partial charge in [-0.1, -0.05) is 13.8 Å². The molecule has 17 heavy (non-hydrogen) atoms. The Morgan fingerprint density at radius 1 is 1.47 bits per heavy atom. The first-order chi connectivity index (χ1) is 8.06. The van der Waals surface area contributed by atoms with Crippen LogP contribution in [-0.2, 0) is 13.5 Å². The van der Waals surface area contributed by atoms with Crippen LogP contribution in [0.25, 0.3) is 0 Å². The van der Waals surface area contributed by atoms with Gasteiger partial charge in [-0.2, -0.15) is 5.10 Å². The van der Waals surface area contributed by atoms with Gasteiger partial charge in [-0.05, 0) is 49.0 Å². The second-order valence-corrected chi connectivity index (χ2v) is 5.87. The zero-order valence-corrected chi connectivity index (χ0v) is 11.1. The molecule has 0 spiro atoms. The molecule has 1 heterocycles. The van der Waals surface area contributed by atoms with E-state index in [2.05, 4.69) is 25.1 Å². The predicted octanol–water partition coefficient (Wildman–Crippen LogP) is 2.40. The molecule has 1 fully saturated rings. The molecule has 3 unspecified atom stereocenters. The number of aliphatic hydroxyl groups is 1. The molecule has 3 nitrogen and oxygen atoms in total. The molecule has 1 N–H and O–H groups in total. The third-order valence-corrected chi connectivity index (χ3v) is 4.18. The lowest BCUT2D eigenvalue weighted by Gasteiger charge is -2.35. The normalized spacial score (nSPS) is 29.8. The van der Waals surface area contributed by atoms with Crippen LogP contribution in [0.1, 0.15) is 38.7 Å². The fourth-order valence-electron chi connectivity index (χ4n) is 2.99. The number of nitrogens with zero attached hydrogens (tertiary/aromatic N) is 2. The minimum atomic E-state index is -0.120. The summed E-state index contributed by atoms with van der Waals surface area (Å²) in [5, 5.41) is 14.3. The maximum atomic E-state index is 10.1. The molecule has 0 aromatic carbocycles. The van der Waals surface area contributed by atoms with Crippen LogP contribution in [0.5, 0.6) is 0 Å². The Hall–Kier alpha value is -0.830. The Balaban J connectivity index is 1.98. The van der Waals surface area contributed by atoms with E-state index in [0.29, 0.717) is 5.92 Å². The van der Waals surface area contributed by atoms with Crippen molar-refractivity contribution < 1.29 is 5.11 Å². The molecule has 96 valence electrons. The lowest BCUT2D eigenvalue weighted by Crippen LogP contribution is -2.32. The van der Waals surface area contributed by atoms with Crippen LogP contribution in [0.15, 0.2) is 12.4 Å². The molecule has 3 atom stereocenters. The Morgan fingerprint density at radius 2 is 2.24 bits per heavy atom. The molecule has 1 aliphatic rings. The van der Waals surface area contributed by atoms with Crippen LogP contribution in [-0.4, -0.2) is 21.0 Å². The molecule has 0 amide bonds. The highest BCUT2D eigenvalue weighted by Crippen LogP contribution is 2.35. The molecule has 2 rings (SSSR count). The summed E-state index contributed by atoms with van der Waals surface area (Å²) < 4.78 is 1.84. The molecule has 0 bridgehead atoms. The molecule has 1 aromatic heterocycles. The highest BCUT2D eigenvalue weighted by atomic mass is 16.3. The van der Waals surface area contributed by atoms with Gasteiger partial charge >= 0.3 is 0 Å². The minimum absolute atomic E-state index is 0.120. The molecule has 1 aliphatic carbocycles. The van der Waals surface area contributed by atoms with E-state index in [0.717, 1.165) is 31.1 Å². The fourth-order valence-corrected chi connectivity index (χ4v) is 2.99. The maximum absolute atomic E-state index is 10.1. The van der Waals surface area contributed by atoms with Crippen molar-refractivity contribution in [2.75, 3.05) is 0 Å². The van der Waals surface area contributed by atoms with Crippen LogP contribution >= 0.6 is 0 Å². The van der Waals surface area contributed by atoms with Gasteiger partial charge in [0.1, 0.15) is 0 Å². The summed E-state index contributed by atoms with van der Waals surface area (Å²) in [4.78, 5) is 0. The Labute approximate surface area is 104 Å². The summed E-state index contributed by atoms with van der Waals surface area (Å²) in [7, 11) is 1.94. The van der Waals surface area contributed by atoms with E-state index in [1.165, 1.54) is 12.0 Å². The quantitative estimate of drug-likeness (QED) is 0.875. The van der Waals surface area contributed by atoms with E-state index >= 15 is 0 Å². The van der Waals surface area contributed by atoms with Gasteiger partial charge in [0.2, 0.25) is 0 Å². The van der Waals surface area contributed by atoms with Crippen molar-refractivity contribution in [3.63, 3.8) is 0 Å². The summed E-state index contributed by atoms with van der Waals surface area (Å²) in [6.07, 6.45) is 8.14. The summed E-state index contributed by atoms with van der Waals surface area (Å²) in [6, 6.07) is 0. The van der Waals surface area contributed by atoms with Crippen LogP contribution in [0, 0.1) is 17.8 Å². The van der Waals surface area contributed by atoms with Crippen molar-refractivity contribution in [3.05, 3.63) is 18.0 Å². The molecular weight excluding hydrogens is 212 g/mol. The van der Waals surface area contributed by atoms with E-state index in [1.54, 1.807) is 0 Å². The van der Waals surface area contributed by atoms with Crippen LogP contribution in [0.2, 0.25) is 0 Å². The zero-order chi connectivity index (χ0) is 12.4. The lowest BCUT2D eigenvalue weighted by molar-refractivity contribution is 0.0378. The number of hydrogen-bond acceptors (Lipinski definition) is 2. The fraction of sp³-hybridized carbons (Fsp3) is 0.786. The number of rotatable bonds is 3. The number of aliphatic hydroxyl groups excluding tert-OH is 1. The van der Waals surface area contributed by atoms with Crippen LogP contribution < -0.4 is 0 Å². The van der Waals surface area contributed by atoms with Crippen molar-refractivity contribution in [2.24, 2.45) is 24.8 Å². The number of aryl methyl sites for hydroxylation is 1. The second kappa shape index (κ2) is 5.21. The number of aromatic nitrogens is 2. The van der Waals surface area contributed by atoms with Gasteiger partial charge in [0.05, 0.1) is 12.3 Å². The minimum Gasteiger partial charge on any atom is -0.393 e. The van der Waals surface area contributed by atoms with E-state index in [9.17, 15) is 5.11 Å². The van der Waals surface area contributed by atoms with Crippen LogP contribution in [0.3, 0.4) is 0 Å². The third-order valence-electron chi connectivity index (χ3n) is 4.18. The predicted molar refractivity (Wildman–Crippen MR) is 68.6 cm³/mol. The standard InChI is InChI=1S/C14H24N2O/c1-10(2)12-4-5-14(17)13(7-12)6-11-8-15-16(3)9-11/h8-10,12-14,17H,4-7H2,1-3H3. The molecule has 3 heteroatoms. The Morgan fingerprint density at radius 3 is 2.82 bits per heavy atom. The van der Waals surface area contributed by atoms with Crippen molar-refractivity contribution in [2.45, 2.75) is 45.6 Å². The highest BCUT2D eigenvalue weighted by molar-refractivity contribution is 5.06. The van der Waals surface area contributed by atoms with Gasteiger partial charge in [-0.3, -0.25) is 4.68 Å². The highest BCUT2D eigenvalue weighted by Gasteiger charge is 2.30. The summed E-state index contributed by atoms with van der Waals surface area (Å²) in [5.74, 6) is 1.93. The molecule has 1 saturated carbocycles. The van der Waals surface area contributed by atoms with Crippen molar-refractivity contribution >= 4 is 0 Å². The van der Waals surface area contributed by atoms with E-state index in [4.69, 9.17) is 0 Å². The molecule has 0 saturated heterocycles. The molecule has 0 radical (unpaired) electrons. The van der Waals surface area contributed by atoms with Crippen molar-refractivity contribution in [1.82, 2.24) is 9.78 Å². The van der Waals surface area contributed by atoms with Gasteiger partial charge in [0, 0.05) is 13.2 Å². The molecular formula is C14H24N2O. The van der Waals surface area contributed by atoms with Gasteiger partial charge in [-0.25, -0.2) is 0 Å². The van der Waals surface area contributed by atoms with Crippen molar-refractivity contribution in [3.8, 4) is 0 Å². The lowest BCUT2D eigenvalue weighted by atomic mass is 9.73. The monoisotopic (exact) mass is 236 g/mol.